The van der Waals surface area contributed by atoms with Gasteiger partial charge in [-0.05, 0) is 54.8 Å². The predicted molar refractivity (Wildman–Crippen MR) is 132 cm³/mol. The van der Waals surface area contributed by atoms with Gasteiger partial charge < -0.3 is 29.0 Å². The highest BCUT2D eigenvalue weighted by molar-refractivity contribution is 6.46. The molecule has 2 aromatic rings. The molecule has 1 atom stereocenters. The van der Waals surface area contributed by atoms with Gasteiger partial charge in [0, 0.05) is 31.4 Å². The number of Topliss-reactive ketones (excluding diaryl/α,β-unsaturated/α-hetero) is 1. The standard InChI is InChI=1S/C27H33NO7/c1-17(2)16-35-19-9-7-18(8-10-19)25(29)23-24(21-15-20(33-4)11-12-22(21)34-5)28(13-6-14-32-3)27(31)26(23)30/h7-12,15,17,24,29H,6,13-14,16H2,1-5H3/t24-/m0/s1. The number of benzene rings is 2. The summed E-state index contributed by atoms with van der Waals surface area (Å²) in [7, 11) is 4.62. The highest BCUT2D eigenvalue weighted by atomic mass is 16.5. The Labute approximate surface area is 206 Å². The van der Waals surface area contributed by atoms with Crippen LogP contribution < -0.4 is 14.2 Å². The van der Waals surface area contributed by atoms with Crippen molar-refractivity contribution >= 4 is 17.4 Å². The van der Waals surface area contributed by atoms with Gasteiger partial charge in [-0.25, -0.2) is 0 Å². The number of likely N-dealkylation sites (tertiary alicyclic amines) is 1. The largest absolute Gasteiger partial charge is 0.507 e. The molecule has 8 heteroatoms. The third-order valence-corrected chi connectivity index (χ3v) is 5.73. The lowest BCUT2D eigenvalue weighted by molar-refractivity contribution is -0.140. The summed E-state index contributed by atoms with van der Waals surface area (Å²) in [4.78, 5) is 27.7. The molecule has 1 amide bonds. The van der Waals surface area contributed by atoms with Gasteiger partial charge in [0.2, 0.25) is 0 Å². The summed E-state index contributed by atoms with van der Waals surface area (Å²) >= 11 is 0. The zero-order valence-corrected chi connectivity index (χ0v) is 20.9. The van der Waals surface area contributed by atoms with Crippen molar-refractivity contribution in [2.75, 3.05) is 41.1 Å². The molecule has 1 heterocycles. The minimum absolute atomic E-state index is 0.00480. The van der Waals surface area contributed by atoms with Crippen LogP contribution in [0.3, 0.4) is 0 Å². The number of ether oxygens (including phenoxy) is 4. The number of carbonyl (C=O) groups excluding carboxylic acids is 2. The Morgan fingerprint density at radius 3 is 2.29 bits per heavy atom. The van der Waals surface area contributed by atoms with Gasteiger partial charge in [0.1, 0.15) is 23.0 Å². The van der Waals surface area contributed by atoms with Crippen LogP contribution in [-0.4, -0.2) is 62.8 Å². The number of methoxy groups -OCH3 is 3. The topological polar surface area (TPSA) is 94.5 Å². The van der Waals surface area contributed by atoms with Crippen molar-refractivity contribution in [1.29, 1.82) is 0 Å². The van der Waals surface area contributed by atoms with E-state index in [0.717, 1.165) is 0 Å². The van der Waals surface area contributed by atoms with Crippen LogP contribution in [0.5, 0.6) is 17.2 Å². The summed E-state index contributed by atoms with van der Waals surface area (Å²) in [5.41, 5.74) is 0.945. The molecule has 2 aromatic carbocycles. The zero-order valence-electron chi connectivity index (χ0n) is 20.9. The van der Waals surface area contributed by atoms with Crippen LogP contribution in [0.15, 0.2) is 48.0 Å². The summed E-state index contributed by atoms with van der Waals surface area (Å²) in [6.07, 6.45) is 0.522. The average Bonchev–Trinajstić information content (AvgIpc) is 3.12. The monoisotopic (exact) mass is 483 g/mol. The fourth-order valence-electron chi connectivity index (χ4n) is 3.99. The van der Waals surface area contributed by atoms with Crippen LogP contribution in [0.4, 0.5) is 0 Å². The Kier molecular flexibility index (Phi) is 8.76. The van der Waals surface area contributed by atoms with Crippen molar-refractivity contribution in [3.63, 3.8) is 0 Å². The van der Waals surface area contributed by atoms with Crippen LogP contribution in [0.2, 0.25) is 0 Å². The number of aliphatic hydroxyl groups is 1. The van der Waals surface area contributed by atoms with E-state index in [0.29, 0.717) is 53.9 Å². The predicted octanol–water partition coefficient (Wildman–Crippen LogP) is 4.20. The second-order valence-electron chi connectivity index (χ2n) is 8.68. The Balaban J connectivity index is 2.10. The molecule has 0 aliphatic carbocycles. The first-order chi connectivity index (χ1) is 16.8. The number of hydrogen-bond acceptors (Lipinski definition) is 7. The number of nitrogens with zero attached hydrogens (tertiary/aromatic N) is 1. The Bertz CT molecular complexity index is 1080. The number of amides is 1. The molecule has 0 spiro atoms. The first kappa shape index (κ1) is 26.1. The Morgan fingerprint density at radius 1 is 1.00 bits per heavy atom. The van der Waals surface area contributed by atoms with E-state index in [1.165, 1.54) is 19.1 Å². The minimum atomic E-state index is -0.853. The highest BCUT2D eigenvalue weighted by Crippen LogP contribution is 2.44. The molecular weight excluding hydrogens is 450 g/mol. The van der Waals surface area contributed by atoms with E-state index >= 15 is 0 Å². The van der Waals surface area contributed by atoms with E-state index in [1.54, 1.807) is 49.6 Å². The van der Waals surface area contributed by atoms with Gasteiger partial charge in [0.15, 0.2) is 0 Å². The van der Waals surface area contributed by atoms with Crippen molar-refractivity contribution in [3.05, 3.63) is 59.2 Å². The lowest BCUT2D eigenvalue weighted by Crippen LogP contribution is -2.31. The normalized spacial score (nSPS) is 17.2. The van der Waals surface area contributed by atoms with Crippen molar-refractivity contribution in [2.45, 2.75) is 26.3 Å². The van der Waals surface area contributed by atoms with Crippen LogP contribution in [0, 0.1) is 5.92 Å². The molecule has 1 fully saturated rings. The van der Waals surface area contributed by atoms with Crippen LogP contribution in [0.25, 0.3) is 5.76 Å². The van der Waals surface area contributed by atoms with Crippen LogP contribution in [-0.2, 0) is 14.3 Å². The zero-order chi connectivity index (χ0) is 25.5. The van der Waals surface area contributed by atoms with Gasteiger partial charge in [0.05, 0.1) is 32.4 Å². The molecule has 1 aliphatic heterocycles. The molecule has 1 saturated heterocycles. The number of aliphatic hydroxyl groups excluding tert-OH is 1. The maximum Gasteiger partial charge on any atom is 0.295 e. The number of rotatable bonds is 11. The number of hydrogen-bond donors (Lipinski definition) is 1. The average molecular weight is 484 g/mol. The van der Waals surface area contributed by atoms with Gasteiger partial charge in [-0.2, -0.15) is 0 Å². The third kappa shape index (κ3) is 5.77. The van der Waals surface area contributed by atoms with Crippen LogP contribution >= 0.6 is 0 Å². The van der Waals surface area contributed by atoms with Crippen molar-refractivity contribution in [3.8, 4) is 17.2 Å². The van der Waals surface area contributed by atoms with Gasteiger partial charge in [0.25, 0.3) is 11.7 Å². The van der Waals surface area contributed by atoms with Crippen LogP contribution in [0.1, 0.15) is 37.4 Å². The molecule has 0 unspecified atom stereocenters. The second-order valence-corrected chi connectivity index (χ2v) is 8.68. The maximum atomic E-state index is 13.2. The van der Waals surface area contributed by atoms with E-state index in [2.05, 4.69) is 13.8 Å². The summed E-state index contributed by atoms with van der Waals surface area (Å²) in [5.74, 6) is 0.330. The van der Waals surface area contributed by atoms with Crippen molar-refractivity contribution < 1.29 is 33.6 Å². The Morgan fingerprint density at radius 2 is 1.69 bits per heavy atom. The highest BCUT2D eigenvalue weighted by Gasteiger charge is 2.47. The molecule has 3 rings (SSSR count). The Hall–Kier alpha value is -3.52. The molecule has 0 saturated carbocycles. The van der Waals surface area contributed by atoms with E-state index in [-0.39, 0.29) is 17.9 Å². The number of carbonyl (C=O) groups is 2. The molecule has 0 aromatic heterocycles. The summed E-state index contributed by atoms with van der Waals surface area (Å²) < 4.78 is 21.8. The fraction of sp³-hybridized carbons (Fsp3) is 0.407. The third-order valence-electron chi connectivity index (χ3n) is 5.73. The lowest BCUT2D eigenvalue weighted by Gasteiger charge is -2.27. The van der Waals surface area contributed by atoms with Crippen molar-refractivity contribution in [1.82, 2.24) is 4.90 Å². The summed E-state index contributed by atoms with van der Waals surface area (Å²) in [6.45, 7) is 5.36. The smallest absolute Gasteiger partial charge is 0.295 e. The minimum Gasteiger partial charge on any atom is -0.507 e. The molecule has 35 heavy (non-hydrogen) atoms. The molecular formula is C27H33NO7. The number of ketones is 1. The first-order valence-corrected chi connectivity index (χ1v) is 11.5. The fourth-order valence-corrected chi connectivity index (χ4v) is 3.99. The van der Waals surface area contributed by atoms with Gasteiger partial charge in [-0.3, -0.25) is 9.59 Å². The first-order valence-electron chi connectivity index (χ1n) is 11.5. The van der Waals surface area contributed by atoms with E-state index < -0.39 is 17.7 Å². The van der Waals surface area contributed by atoms with E-state index in [4.69, 9.17) is 18.9 Å². The summed E-state index contributed by atoms with van der Waals surface area (Å²) in [5, 5.41) is 11.3. The molecule has 1 aliphatic rings. The van der Waals surface area contributed by atoms with Gasteiger partial charge >= 0.3 is 0 Å². The van der Waals surface area contributed by atoms with Crippen molar-refractivity contribution in [2.24, 2.45) is 5.92 Å². The summed E-state index contributed by atoms with van der Waals surface area (Å²) in [6, 6.07) is 11.1. The second kappa shape index (κ2) is 11.8. The SMILES string of the molecule is COCCCN1C(=O)C(=O)C(=C(O)c2ccc(OCC(C)C)cc2)[C@@H]1c1cc(OC)ccc1OC. The van der Waals surface area contributed by atoms with Gasteiger partial charge in [-0.15, -0.1) is 0 Å². The molecule has 8 nitrogen and oxygen atoms in total. The molecule has 0 radical (unpaired) electrons. The molecule has 0 bridgehead atoms. The molecule has 1 N–H and O–H groups in total. The molecule has 188 valence electrons. The van der Waals surface area contributed by atoms with E-state index in [9.17, 15) is 14.7 Å². The quantitative estimate of drug-likeness (QED) is 0.222. The maximum absolute atomic E-state index is 13.2. The lowest BCUT2D eigenvalue weighted by atomic mass is 9.94. The van der Waals surface area contributed by atoms with E-state index in [1.807, 2.05) is 0 Å². The van der Waals surface area contributed by atoms with Gasteiger partial charge in [-0.1, -0.05) is 13.8 Å².